The number of hydrogen-bond donors (Lipinski definition) is 2. The van der Waals surface area contributed by atoms with Crippen LogP contribution in [0.3, 0.4) is 0 Å². The summed E-state index contributed by atoms with van der Waals surface area (Å²) < 4.78 is 10.8. The lowest BCUT2D eigenvalue weighted by molar-refractivity contribution is -0.115. The maximum Gasteiger partial charge on any atom is 0.225 e. The number of hydrogen-bond acceptors (Lipinski definition) is 3. The highest BCUT2D eigenvalue weighted by atomic mass is 35.5. The van der Waals surface area contributed by atoms with Gasteiger partial charge < -0.3 is 11.1 Å². The van der Waals surface area contributed by atoms with Gasteiger partial charge in [0.15, 0.2) is 0 Å². The van der Waals surface area contributed by atoms with Crippen LogP contribution in [0, 0.1) is 0 Å². The Morgan fingerprint density at radius 2 is 1.94 bits per heavy atom. The molecule has 17 heavy (non-hydrogen) atoms. The lowest BCUT2D eigenvalue weighted by Crippen LogP contribution is -2.15. The smallest absolute Gasteiger partial charge is 0.225 e. The van der Waals surface area contributed by atoms with Gasteiger partial charge in [0.05, 0.1) is 15.7 Å². The molecule has 0 aromatic heterocycles. The SMILES string of the molecule is CS(=O)CCC(=O)Nc1c(Cl)cc(N)cc1Cl. The molecule has 3 N–H and O–H groups in total. The van der Waals surface area contributed by atoms with Crippen molar-refractivity contribution in [1.82, 2.24) is 0 Å². The number of nitrogen functional groups attached to an aromatic ring is 1. The van der Waals surface area contributed by atoms with Crippen molar-refractivity contribution >= 4 is 51.3 Å². The normalized spacial score (nSPS) is 12.2. The van der Waals surface area contributed by atoms with E-state index < -0.39 is 10.8 Å². The lowest BCUT2D eigenvalue weighted by Gasteiger charge is -2.09. The van der Waals surface area contributed by atoms with E-state index in [1.54, 1.807) is 0 Å². The summed E-state index contributed by atoms with van der Waals surface area (Å²) in [6.07, 6.45) is 1.69. The molecule has 0 bridgehead atoms. The van der Waals surface area contributed by atoms with Gasteiger partial charge in [-0.25, -0.2) is 0 Å². The van der Waals surface area contributed by atoms with E-state index in [9.17, 15) is 9.00 Å². The number of nitrogens with two attached hydrogens (primary N) is 1. The molecule has 0 aliphatic carbocycles. The first-order valence-corrected chi connectivity index (χ1v) is 7.23. The third kappa shape index (κ3) is 4.53. The minimum atomic E-state index is -1.01. The number of nitrogens with one attached hydrogen (secondary N) is 1. The summed E-state index contributed by atoms with van der Waals surface area (Å²) in [5.74, 6) is 0.0181. The van der Waals surface area contributed by atoms with E-state index >= 15 is 0 Å². The summed E-state index contributed by atoms with van der Waals surface area (Å²) in [5, 5.41) is 3.13. The van der Waals surface area contributed by atoms with Crippen molar-refractivity contribution in [3.05, 3.63) is 22.2 Å². The Labute approximate surface area is 112 Å². The molecule has 4 nitrogen and oxygen atoms in total. The van der Waals surface area contributed by atoms with E-state index in [4.69, 9.17) is 28.9 Å². The Balaban J connectivity index is 2.75. The number of carbonyl (C=O) groups excluding carboxylic acids is 1. The second-order valence-corrected chi connectivity index (χ2v) is 5.80. The maximum atomic E-state index is 11.5. The van der Waals surface area contributed by atoms with Crippen LogP contribution < -0.4 is 11.1 Å². The monoisotopic (exact) mass is 294 g/mol. The van der Waals surface area contributed by atoms with E-state index in [-0.39, 0.29) is 22.4 Å². The molecule has 1 rings (SSSR count). The number of anilines is 2. The number of carbonyl (C=O) groups is 1. The van der Waals surface area contributed by atoms with Gasteiger partial charge in [-0.1, -0.05) is 23.2 Å². The second-order valence-electron chi connectivity index (χ2n) is 3.44. The lowest BCUT2D eigenvalue weighted by atomic mass is 10.2. The van der Waals surface area contributed by atoms with E-state index in [1.807, 2.05) is 0 Å². The third-order valence-electron chi connectivity index (χ3n) is 1.95. The highest BCUT2D eigenvalue weighted by Crippen LogP contribution is 2.32. The highest BCUT2D eigenvalue weighted by Gasteiger charge is 2.11. The molecule has 94 valence electrons. The molecule has 0 aliphatic rings. The summed E-state index contributed by atoms with van der Waals surface area (Å²) in [5.41, 5.74) is 6.29. The van der Waals surface area contributed by atoms with Crippen molar-refractivity contribution < 1.29 is 9.00 Å². The summed E-state index contributed by atoms with van der Waals surface area (Å²) in [6.45, 7) is 0. The average molecular weight is 295 g/mol. The first-order chi connectivity index (χ1) is 7.90. The van der Waals surface area contributed by atoms with Crippen molar-refractivity contribution in [3.63, 3.8) is 0 Å². The Morgan fingerprint density at radius 1 is 1.41 bits per heavy atom. The Morgan fingerprint density at radius 3 is 2.41 bits per heavy atom. The first kappa shape index (κ1) is 14.3. The zero-order chi connectivity index (χ0) is 13.0. The Kier molecular flexibility index (Phi) is 5.24. The predicted octanol–water partition coefficient (Wildman–Crippen LogP) is 2.28. The fourth-order valence-electron chi connectivity index (χ4n) is 1.15. The van der Waals surface area contributed by atoms with Crippen LogP contribution in [0.4, 0.5) is 11.4 Å². The molecule has 0 saturated carbocycles. The second kappa shape index (κ2) is 6.23. The fraction of sp³-hybridized carbons (Fsp3) is 0.300. The van der Waals surface area contributed by atoms with Gasteiger partial charge in [-0.2, -0.15) is 0 Å². The van der Waals surface area contributed by atoms with Crippen LogP contribution in [0.2, 0.25) is 10.0 Å². The predicted molar refractivity (Wildman–Crippen MR) is 73.1 cm³/mol. The highest BCUT2D eigenvalue weighted by molar-refractivity contribution is 7.84. The van der Waals surface area contributed by atoms with Gasteiger partial charge in [-0.15, -0.1) is 0 Å². The number of benzene rings is 1. The van der Waals surface area contributed by atoms with Crippen LogP contribution in [-0.2, 0) is 15.6 Å². The molecule has 1 aromatic rings. The molecule has 0 spiro atoms. The summed E-state index contributed by atoms with van der Waals surface area (Å²) in [4.78, 5) is 11.5. The minimum Gasteiger partial charge on any atom is -0.399 e. The van der Waals surface area contributed by atoms with E-state index in [1.165, 1.54) is 18.4 Å². The molecule has 1 unspecified atom stereocenters. The third-order valence-corrected chi connectivity index (χ3v) is 3.32. The van der Waals surface area contributed by atoms with Crippen LogP contribution >= 0.6 is 23.2 Å². The van der Waals surface area contributed by atoms with Crippen molar-refractivity contribution in [1.29, 1.82) is 0 Å². The van der Waals surface area contributed by atoms with Crippen LogP contribution in [0.5, 0.6) is 0 Å². The molecule has 0 aliphatic heterocycles. The van der Waals surface area contributed by atoms with Gasteiger partial charge in [-0.05, 0) is 12.1 Å². The summed E-state index contributed by atoms with van der Waals surface area (Å²) >= 11 is 11.8. The Bertz CT molecular complexity index is 443. The van der Waals surface area contributed by atoms with Crippen molar-refractivity contribution in [2.45, 2.75) is 6.42 Å². The minimum absolute atomic E-state index is 0.153. The zero-order valence-corrected chi connectivity index (χ0v) is 11.5. The molecule has 1 amide bonds. The van der Waals surface area contributed by atoms with Crippen LogP contribution in [-0.4, -0.2) is 22.1 Å². The molecule has 0 fully saturated rings. The molecular formula is C10H12Cl2N2O2S. The van der Waals surface area contributed by atoms with Crippen LogP contribution in [0.1, 0.15) is 6.42 Å². The van der Waals surface area contributed by atoms with E-state index in [0.717, 1.165) is 0 Å². The van der Waals surface area contributed by atoms with Crippen molar-refractivity contribution in [2.75, 3.05) is 23.1 Å². The van der Waals surface area contributed by atoms with E-state index in [2.05, 4.69) is 5.32 Å². The molecule has 0 saturated heterocycles. The van der Waals surface area contributed by atoms with E-state index in [0.29, 0.717) is 17.1 Å². The fourth-order valence-corrected chi connectivity index (χ4v) is 2.22. The maximum absolute atomic E-state index is 11.5. The van der Waals surface area contributed by atoms with Crippen molar-refractivity contribution in [3.8, 4) is 0 Å². The molecule has 0 heterocycles. The largest absolute Gasteiger partial charge is 0.399 e. The molecule has 1 aromatic carbocycles. The molecule has 0 radical (unpaired) electrons. The molecule has 7 heteroatoms. The zero-order valence-electron chi connectivity index (χ0n) is 9.13. The van der Waals surface area contributed by atoms with Gasteiger partial charge in [-0.3, -0.25) is 9.00 Å². The number of amides is 1. The van der Waals surface area contributed by atoms with Crippen LogP contribution in [0.25, 0.3) is 0 Å². The molecule has 1 atom stereocenters. The van der Waals surface area contributed by atoms with Crippen molar-refractivity contribution in [2.24, 2.45) is 0 Å². The number of rotatable bonds is 4. The summed E-state index contributed by atoms with van der Waals surface area (Å²) in [7, 11) is -1.01. The van der Waals surface area contributed by atoms with Gasteiger partial charge in [0.25, 0.3) is 0 Å². The van der Waals surface area contributed by atoms with Gasteiger partial charge >= 0.3 is 0 Å². The standard InChI is InChI=1S/C10H12Cl2N2O2S/c1-17(16)3-2-9(15)14-10-7(11)4-6(13)5-8(10)12/h4-5H,2-3,13H2,1H3,(H,14,15). The molecular weight excluding hydrogens is 283 g/mol. The average Bonchev–Trinajstić information content (AvgIpc) is 2.20. The Hall–Kier alpha value is -0.780. The van der Waals surface area contributed by atoms with Crippen LogP contribution in [0.15, 0.2) is 12.1 Å². The quantitative estimate of drug-likeness (QED) is 0.837. The van der Waals surface area contributed by atoms with Gasteiger partial charge in [0.1, 0.15) is 0 Å². The topological polar surface area (TPSA) is 72.2 Å². The number of halogens is 2. The summed E-state index contributed by atoms with van der Waals surface area (Å²) in [6, 6.07) is 3.00. The van der Waals surface area contributed by atoms with Gasteiger partial charge in [0, 0.05) is 34.9 Å². The first-order valence-electron chi connectivity index (χ1n) is 4.74. The van der Waals surface area contributed by atoms with Gasteiger partial charge in [0.2, 0.25) is 5.91 Å².